The van der Waals surface area contributed by atoms with Crippen molar-refractivity contribution >= 4 is 27.5 Å². The van der Waals surface area contributed by atoms with Gasteiger partial charge < -0.3 is 5.32 Å². The number of alkyl halides is 1. The maximum Gasteiger partial charge on any atom is 0.224 e. The van der Waals surface area contributed by atoms with E-state index in [1.165, 1.54) is 18.9 Å². The molecule has 1 amide bonds. The van der Waals surface area contributed by atoms with Crippen molar-refractivity contribution in [2.75, 3.05) is 5.32 Å². The molecular formula is C16H19BrFNO. The first-order valence-electron chi connectivity index (χ1n) is 7.32. The van der Waals surface area contributed by atoms with Gasteiger partial charge in [-0.1, -0.05) is 35.7 Å². The SMILES string of the molecule is CC1CCCC1C(Br)c1cc2c(cc1F)NC(=O)CC2. The summed E-state index contributed by atoms with van der Waals surface area (Å²) in [5.41, 5.74) is 2.44. The summed E-state index contributed by atoms with van der Waals surface area (Å²) in [7, 11) is 0. The first-order valence-corrected chi connectivity index (χ1v) is 8.24. The van der Waals surface area contributed by atoms with Crippen LogP contribution in [0, 0.1) is 17.7 Å². The first kappa shape index (κ1) is 14.1. The van der Waals surface area contributed by atoms with Crippen molar-refractivity contribution in [3.05, 3.63) is 29.1 Å². The number of aryl methyl sites for hydroxylation is 1. The lowest BCUT2D eigenvalue weighted by Crippen LogP contribution is -2.20. The Balaban J connectivity index is 1.92. The summed E-state index contributed by atoms with van der Waals surface area (Å²) < 4.78 is 14.4. The second-order valence-corrected chi connectivity index (χ2v) is 7.04. The molecule has 0 aromatic heterocycles. The Hall–Kier alpha value is -0.900. The van der Waals surface area contributed by atoms with Crippen LogP contribution in [0.2, 0.25) is 0 Å². The lowest BCUT2D eigenvalue weighted by molar-refractivity contribution is -0.116. The van der Waals surface area contributed by atoms with Crippen LogP contribution in [0.4, 0.5) is 10.1 Å². The fraction of sp³-hybridized carbons (Fsp3) is 0.562. The number of amides is 1. The quantitative estimate of drug-likeness (QED) is 0.785. The van der Waals surface area contributed by atoms with Gasteiger partial charge in [0.25, 0.3) is 0 Å². The molecule has 0 bridgehead atoms. The monoisotopic (exact) mass is 339 g/mol. The third-order valence-corrected chi connectivity index (χ3v) is 5.89. The van der Waals surface area contributed by atoms with Gasteiger partial charge in [-0.3, -0.25) is 4.79 Å². The van der Waals surface area contributed by atoms with Gasteiger partial charge in [-0.15, -0.1) is 0 Å². The predicted octanol–water partition coefficient (Wildman–Crippen LogP) is 4.58. The summed E-state index contributed by atoms with van der Waals surface area (Å²) in [6.45, 7) is 2.25. The molecule has 4 heteroatoms. The minimum Gasteiger partial charge on any atom is -0.326 e. The highest BCUT2D eigenvalue weighted by Crippen LogP contribution is 2.46. The largest absolute Gasteiger partial charge is 0.326 e. The van der Waals surface area contributed by atoms with Crippen molar-refractivity contribution in [2.24, 2.45) is 11.8 Å². The van der Waals surface area contributed by atoms with Crippen LogP contribution in [0.5, 0.6) is 0 Å². The molecule has 3 atom stereocenters. The minimum atomic E-state index is -0.216. The van der Waals surface area contributed by atoms with Crippen LogP contribution in [0.1, 0.15) is 48.6 Å². The van der Waals surface area contributed by atoms with Crippen LogP contribution in [0.3, 0.4) is 0 Å². The van der Waals surface area contributed by atoms with Gasteiger partial charge in [0, 0.05) is 22.5 Å². The number of rotatable bonds is 2. The van der Waals surface area contributed by atoms with Crippen LogP contribution < -0.4 is 5.32 Å². The summed E-state index contributed by atoms with van der Waals surface area (Å²) in [6, 6.07) is 3.42. The summed E-state index contributed by atoms with van der Waals surface area (Å²) in [5.74, 6) is 0.895. The van der Waals surface area contributed by atoms with Crippen LogP contribution in [0.15, 0.2) is 12.1 Å². The molecule has 3 unspecified atom stereocenters. The van der Waals surface area contributed by atoms with Gasteiger partial charge in [-0.2, -0.15) is 0 Å². The van der Waals surface area contributed by atoms with Crippen molar-refractivity contribution in [3.8, 4) is 0 Å². The molecule has 20 heavy (non-hydrogen) atoms. The number of anilines is 1. The van der Waals surface area contributed by atoms with Crippen molar-refractivity contribution < 1.29 is 9.18 Å². The first-order chi connectivity index (χ1) is 9.56. The molecule has 3 rings (SSSR count). The Morgan fingerprint density at radius 3 is 2.85 bits per heavy atom. The van der Waals surface area contributed by atoms with Gasteiger partial charge in [0.05, 0.1) is 0 Å². The van der Waals surface area contributed by atoms with Crippen molar-refractivity contribution in [3.63, 3.8) is 0 Å². The van der Waals surface area contributed by atoms with E-state index in [-0.39, 0.29) is 16.6 Å². The number of nitrogens with one attached hydrogen (secondary N) is 1. The molecule has 1 heterocycles. The Morgan fingerprint density at radius 1 is 1.35 bits per heavy atom. The van der Waals surface area contributed by atoms with Gasteiger partial charge in [-0.05, 0) is 42.4 Å². The van der Waals surface area contributed by atoms with Crippen LogP contribution in [-0.2, 0) is 11.2 Å². The molecule has 108 valence electrons. The maximum atomic E-state index is 14.4. The zero-order valence-electron chi connectivity index (χ0n) is 11.6. The van der Waals surface area contributed by atoms with Gasteiger partial charge >= 0.3 is 0 Å². The third-order valence-electron chi connectivity index (χ3n) is 4.72. The third kappa shape index (κ3) is 2.50. The molecule has 1 aromatic carbocycles. The van der Waals surface area contributed by atoms with E-state index in [0.29, 0.717) is 30.4 Å². The van der Waals surface area contributed by atoms with Crippen molar-refractivity contribution in [1.82, 2.24) is 0 Å². The Labute approximate surface area is 127 Å². The molecule has 2 aliphatic rings. The van der Waals surface area contributed by atoms with Crippen LogP contribution in [-0.4, -0.2) is 5.91 Å². The Kier molecular flexibility index (Phi) is 3.85. The highest BCUT2D eigenvalue weighted by molar-refractivity contribution is 9.09. The highest BCUT2D eigenvalue weighted by Gasteiger charge is 2.32. The fourth-order valence-electron chi connectivity index (χ4n) is 3.47. The molecule has 2 nitrogen and oxygen atoms in total. The van der Waals surface area contributed by atoms with Crippen molar-refractivity contribution in [1.29, 1.82) is 0 Å². The van der Waals surface area contributed by atoms with Gasteiger partial charge in [0.1, 0.15) is 5.82 Å². The molecule has 0 saturated heterocycles. The average Bonchev–Trinajstić information content (AvgIpc) is 2.83. The van der Waals surface area contributed by atoms with E-state index in [1.807, 2.05) is 6.07 Å². The number of fused-ring (bicyclic) bond motifs is 1. The number of carbonyl (C=O) groups excluding carboxylic acids is 1. The molecule has 1 N–H and O–H groups in total. The number of hydrogen-bond donors (Lipinski definition) is 1. The standard InChI is InChI=1S/C16H19BrFNO/c1-9-3-2-4-11(9)16(17)12-7-10-5-6-15(20)19-14(10)8-13(12)18/h7-9,11,16H,2-6H2,1H3,(H,19,20). The smallest absolute Gasteiger partial charge is 0.224 e. The van der Waals surface area contributed by atoms with Crippen molar-refractivity contribution in [2.45, 2.75) is 43.9 Å². The Bertz CT molecular complexity index is 546. The summed E-state index contributed by atoms with van der Waals surface area (Å²) in [6.07, 6.45) is 4.82. The second kappa shape index (κ2) is 5.47. The summed E-state index contributed by atoms with van der Waals surface area (Å²) in [4.78, 5) is 11.4. The topological polar surface area (TPSA) is 29.1 Å². The normalized spacial score (nSPS) is 27.1. The second-order valence-electron chi connectivity index (χ2n) is 6.05. The van der Waals surface area contributed by atoms with Gasteiger partial charge in [-0.25, -0.2) is 4.39 Å². The molecule has 1 aliphatic heterocycles. The van der Waals surface area contributed by atoms with Gasteiger partial charge in [0.2, 0.25) is 5.91 Å². The maximum absolute atomic E-state index is 14.4. The molecule has 1 fully saturated rings. The summed E-state index contributed by atoms with van der Waals surface area (Å²) in [5, 5.41) is 2.75. The lowest BCUT2D eigenvalue weighted by Gasteiger charge is -2.25. The van der Waals surface area contributed by atoms with Crippen LogP contribution in [0.25, 0.3) is 0 Å². The molecule has 0 spiro atoms. The molecular weight excluding hydrogens is 321 g/mol. The minimum absolute atomic E-state index is 0.0237. The Morgan fingerprint density at radius 2 is 2.15 bits per heavy atom. The van der Waals surface area contributed by atoms with E-state index in [0.717, 1.165) is 17.5 Å². The van der Waals surface area contributed by atoms with Crippen LogP contribution >= 0.6 is 15.9 Å². The zero-order valence-corrected chi connectivity index (χ0v) is 13.2. The lowest BCUT2D eigenvalue weighted by atomic mass is 9.89. The van der Waals surface area contributed by atoms with E-state index in [2.05, 4.69) is 28.2 Å². The number of halogens is 2. The molecule has 0 radical (unpaired) electrons. The zero-order chi connectivity index (χ0) is 14.3. The van der Waals surface area contributed by atoms with E-state index >= 15 is 0 Å². The number of hydrogen-bond acceptors (Lipinski definition) is 1. The summed E-state index contributed by atoms with van der Waals surface area (Å²) >= 11 is 3.72. The van der Waals surface area contributed by atoms with Gasteiger partial charge in [0.15, 0.2) is 0 Å². The fourth-order valence-corrected chi connectivity index (χ4v) is 4.61. The molecule has 1 aliphatic carbocycles. The average molecular weight is 340 g/mol. The number of carbonyl (C=O) groups is 1. The number of benzene rings is 1. The van der Waals surface area contributed by atoms with E-state index in [9.17, 15) is 9.18 Å². The molecule has 1 aromatic rings. The van der Waals surface area contributed by atoms with E-state index in [1.54, 1.807) is 0 Å². The van der Waals surface area contributed by atoms with E-state index in [4.69, 9.17) is 0 Å². The predicted molar refractivity (Wildman–Crippen MR) is 81.5 cm³/mol. The molecule has 1 saturated carbocycles. The van der Waals surface area contributed by atoms with E-state index < -0.39 is 0 Å². The highest BCUT2D eigenvalue weighted by atomic mass is 79.9.